The Hall–Kier alpha value is -1.01. The summed E-state index contributed by atoms with van der Waals surface area (Å²) in [7, 11) is 0. The van der Waals surface area contributed by atoms with Crippen molar-refractivity contribution in [2.45, 2.75) is 421 Å². The lowest BCUT2D eigenvalue weighted by Crippen LogP contribution is -2.65. The number of amides is 1. The van der Waals surface area contributed by atoms with Crippen molar-refractivity contribution in [3.05, 3.63) is 0 Å². The van der Waals surface area contributed by atoms with Gasteiger partial charge in [0, 0.05) is 6.42 Å². The molecule has 12 atom stereocenters. The van der Waals surface area contributed by atoms with Crippen molar-refractivity contribution in [2.24, 2.45) is 0 Å². The molecule has 4 unspecified atom stereocenters. The van der Waals surface area contributed by atoms with E-state index in [9.17, 15) is 45.6 Å². The first-order chi connectivity index (χ1) is 41.1. The van der Waals surface area contributed by atoms with E-state index in [1.807, 2.05) is 0 Å². The minimum atomic E-state index is -1.78. The Bertz CT molecular complexity index is 1410. The Labute approximate surface area is 514 Å². The smallest absolute Gasteiger partial charge is 0.220 e. The molecule has 0 bridgehead atoms. The first kappa shape index (κ1) is 79.1. The van der Waals surface area contributed by atoms with Gasteiger partial charge in [-0.25, -0.2) is 0 Å². The zero-order chi connectivity index (χ0) is 60.9. The number of carbonyl (C=O) groups excluding carboxylic acids is 1. The highest BCUT2D eigenvalue weighted by Gasteiger charge is 2.51. The maximum absolute atomic E-state index is 13.3. The summed E-state index contributed by atoms with van der Waals surface area (Å²) < 4.78 is 22.9. The number of aliphatic hydroxyl groups excluding tert-OH is 8. The number of carbonyl (C=O) groups is 1. The molecule has 2 saturated heterocycles. The van der Waals surface area contributed by atoms with Gasteiger partial charge in [0.25, 0.3) is 0 Å². The molecular weight excluding hydrogens is 1060 g/mol. The fraction of sp³-hybridized carbons (Fsp3) is 0.986. The number of hydrogen-bond acceptors (Lipinski definition) is 13. The van der Waals surface area contributed by atoms with E-state index >= 15 is 0 Å². The zero-order valence-electron chi connectivity index (χ0n) is 54.4. The lowest BCUT2D eigenvalue weighted by molar-refractivity contribution is -0.359. The molecule has 0 aromatic rings. The summed E-state index contributed by atoms with van der Waals surface area (Å²) in [6.07, 6.45) is 50.0. The molecule has 0 aliphatic carbocycles. The third-order valence-electron chi connectivity index (χ3n) is 18.3. The molecule has 2 rings (SSSR count). The van der Waals surface area contributed by atoms with Crippen LogP contribution < -0.4 is 5.32 Å². The Kier molecular flexibility index (Phi) is 52.7. The molecule has 2 fully saturated rings. The molecule has 1 amide bonds. The predicted octanol–water partition coefficient (Wildman–Crippen LogP) is 14.8. The summed E-state index contributed by atoms with van der Waals surface area (Å²) in [5.74, 6) is -0.197. The molecule has 9 N–H and O–H groups in total. The van der Waals surface area contributed by atoms with E-state index in [0.717, 1.165) is 51.4 Å². The van der Waals surface area contributed by atoms with Crippen LogP contribution in [0.3, 0.4) is 0 Å². The van der Waals surface area contributed by atoms with Crippen LogP contribution in [0.15, 0.2) is 0 Å². The second kappa shape index (κ2) is 56.0. The van der Waals surface area contributed by atoms with Crippen LogP contribution >= 0.6 is 0 Å². The SMILES string of the molecule is CCCCCCCCCCCCCCCCCCCCCCCCCCCCCCCCCCCCC(=O)N[C@@H](CO[C@@H]1O[C@H](CO)[C@@H](O[C@@H]2O[C@H](CO)[C@H](O)C(O)C2O)C(O)C1O)[C@H](O)CCCCCCCCCCCCCCCCCC. The predicted molar refractivity (Wildman–Crippen MR) is 342 cm³/mol. The Balaban J connectivity index is 1.58. The first-order valence-corrected chi connectivity index (χ1v) is 36.3. The van der Waals surface area contributed by atoms with E-state index in [-0.39, 0.29) is 12.5 Å². The summed E-state index contributed by atoms with van der Waals surface area (Å²) in [5.41, 5.74) is 0. The van der Waals surface area contributed by atoms with E-state index < -0.39 is 86.8 Å². The summed E-state index contributed by atoms with van der Waals surface area (Å²) in [6.45, 7) is 2.92. The molecule has 500 valence electrons. The highest BCUT2D eigenvalue weighted by atomic mass is 16.7. The minimum Gasteiger partial charge on any atom is -0.394 e. The van der Waals surface area contributed by atoms with E-state index in [1.54, 1.807) is 0 Å². The van der Waals surface area contributed by atoms with Crippen LogP contribution in [0.2, 0.25) is 0 Å². The third kappa shape index (κ3) is 39.9. The molecule has 0 radical (unpaired) electrons. The summed E-state index contributed by atoms with van der Waals surface area (Å²) >= 11 is 0. The fourth-order valence-electron chi connectivity index (χ4n) is 12.5. The molecule has 2 heterocycles. The normalized spacial score (nSPS) is 23.5. The van der Waals surface area contributed by atoms with Gasteiger partial charge >= 0.3 is 0 Å². The van der Waals surface area contributed by atoms with Crippen LogP contribution in [0.5, 0.6) is 0 Å². The topological polar surface area (TPSA) is 228 Å². The Morgan fingerprint density at radius 1 is 0.381 bits per heavy atom. The number of unbranched alkanes of at least 4 members (excludes halogenated alkanes) is 48. The van der Waals surface area contributed by atoms with Gasteiger partial charge in [-0.3, -0.25) is 4.79 Å². The second-order valence-electron chi connectivity index (χ2n) is 26.1. The van der Waals surface area contributed by atoms with Crippen molar-refractivity contribution in [1.82, 2.24) is 5.32 Å². The quantitative estimate of drug-likeness (QED) is 0.0259. The molecule has 84 heavy (non-hydrogen) atoms. The molecule has 0 aromatic carbocycles. The molecule has 0 spiro atoms. The average molecular weight is 1200 g/mol. The van der Waals surface area contributed by atoms with Gasteiger partial charge in [-0.15, -0.1) is 0 Å². The highest BCUT2D eigenvalue weighted by molar-refractivity contribution is 5.76. The molecule has 2 aliphatic heterocycles. The van der Waals surface area contributed by atoms with Crippen LogP contribution in [-0.4, -0.2) is 140 Å². The summed E-state index contributed by atoms with van der Waals surface area (Å²) in [6, 6.07) is -0.824. The molecule has 2 aliphatic rings. The van der Waals surface area contributed by atoms with Crippen LogP contribution in [-0.2, 0) is 23.7 Å². The summed E-state index contributed by atoms with van der Waals surface area (Å²) in [4.78, 5) is 13.3. The van der Waals surface area contributed by atoms with Gasteiger partial charge in [0.15, 0.2) is 12.6 Å². The van der Waals surface area contributed by atoms with Crippen molar-refractivity contribution in [2.75, 3.05) is 19.8 Å². The minimum absolute atomic E-state index is 0.197. The largest absolute Gasteiger partial charge is 0.394 e. The lowest BCUT2D eigenvalue weighted by atomic mass is 9.97. The molecule has 0 aromatic heterocycles. The van der Waals surface area contributed by atoms with Gasteiger partial charge in [0.2, 0.25) is 5.91 Å². The van der Waals surface area contributed by atoms with Crippen LogP contribution in [0.4, 0.5) is 0 Å². The number of hydrogen-bond donors (Lipinski definition) is 9. The number of nitrogens with one attached hydrogen (secondary N) is 1. The maximum Gasteiger partial charge on any atom is 0.220 e. The number of rotatable bonds is 61. The van der Waals surface area contributed by atoms with Crippen molar-refractivity contribution >= 4 is 5.91 Å². The highest BCUT2D eigenvalue weighted by Crippen LogP contribution is 2.30. The second-order valence-corrected chi connectivity index (χ2v) is 26.1. The fourth-order valence-corrected chi connectivity index (χ4v) is 12.5. The maximum atomic E-state index is 13.3. The molecule has 14 nitrogen and oxygen atoms in total. The Morgan fingerprint density at radius 2 is 0.679 bits per heavy atom. The van der Waals surface area contributed by atoms with Gasteiger partial charge in [0.05, 0.1) is 32.0 Å². The summed E-state index contributed by atoms with van der Waals surface area (Å²) in [5, 5.41) is 87.5. The van der Waals surface area contributed by atoms with Crippen molar-refractivity contribution in [1.29, 1.82) is 0 Å². The van der Waals surface area contributed by atoms with E-state index in [2.05, 4.69) is 19.2 Å². The van der Waals surface area contributed by atoms with Crippen molar-refractivity contribution in [3.63, 3.8) is 0 Å². The first-order valence-electron chi connectivity index (χ1n) is 36.3. The zero-order valence-corrected chi connectivity index (χ0v) is 54.4. The average Bonchev–Trinajstić information content (AvgIpc) is 3.60. The Morgan fingerprint density at radius 3 is 1.01 bits per heavy atom. The van der Waals surface area contributed by atoms with Gasteiger partial charge in [-0.2, -0.15) is 0 Å². The number of ether oxygens (including phenoxy) is 4. The van der Waals surface area contributed by atoms with Crippen LogP contribution in [0, 0.1) is 0 Å². The van der Waals surface area contributed by atoms with Gasteiger partial charge in [-0.1, -0.05) is 328 Å². The van der Waals surface area contributed by atoms with Crippen LogP contribution in [0.1, 0.15) is 348 Å². The monoisotopic (exact) mass is 1200 g/mol. The van der Waals surface area contributed by atoms with Crippen LogP contribution in [0.25, 0.3) is 0 Å². The molecular formula is C70H137NO13. The van der Waals surface area contributed by atoms with Gasteiger partial charge < -0.3 is 65.1 Å². The third-order valence-corrected chi connectivity index (χ3v) is 18.3. The number of aliphatic hydroxyl groups is 8. The lowest BCUT2D eigenvalue weighted by Gasteiger charge is -2.46. The van der Waals surface area contributed by atoms with Gasteiger partial charge in [0.1, 0.15) is 48.8 Å². The van der Waals surface area contributed by atoms with E-state index in [1.165, 1.54) is 270 Å². The van der Waals surface area contributed by atoms with Crippen molar-refractivity contribution < 1.29 is 64.6 Å². The standard InChI is InChI=1S/C70H137NO13/c1-3-5-7-9-11-13-15-17-19-21-22-23-24-25-26-27-28-29-30-31-32-33-34-35-36-37-38-40-42-44-46-48-50-52-54-62(75)71-58(59(74)53-51-49-47-45-43-41-39-20-18-16-14-12-10-8-6-4-2)57-81-69-67(80)65(78)68(61(56-73)83-69)84-70-66(79)64(77)63(76)60(55-72)82-70/h58-61,63-70,72-74,76-80H,3-57H2,1-2H3,(H,71,75)/t58-,59+,60+,61+,63-,64?,65?,66?,67?,68+,69+,70-/m0/s1. The van der Waals surface area contributed by atoms with Crippen molar-refractivity contribution in [3.8, 4) is 0 Å². The van der Waals surface area contributed by atoms with E-state index in [0.29, 0.717) is 12.8 Å². The molecule has 0 saturated carbocycles. The molecule has 14 heteroatoms. The van der Waals surface area contributed by atoms with Gasteiger partial charge in [-0.05, 0) is 12.8 Å². The van der Waals surface area contributed by atoms with E-state index in [4.69, 9.17) is 18.9 Å².